The molecule has 3 saturated carbocycles. The van der Waals surface area contributed by atoms with Gasteiger partial charge in [-0.25, -0.2) is 0 Å². The first-order valence-electron chi connectivity index (χ1n) is 5.74. The molecule has 3 aliphatic rings. The van der Waals surface area contributed by atoms with Gasteiger partial charge in [0.05, 0.1) is 5.41 Å². The van der Waals surface area contributed by atoms with Crippen molar-refractivity contribution in [2.45, 2.75) is 38.1 Å². The highest BCUT2D eigenvalue weighted by molar-refractivity contribution is 5.85. The highest BCUT2D eigenvalue weighted by Gasteiger charge is 2.51. The molecule has 0 saturated heterocycles. The van der Waals surface area contributed by atoms with E-state index in [4.69, 9.17) is 5.73 Å². The standard InChI is InChI=1S/C11H18N2O/c12-6-11(1-2-11)10(14)13-9-4-7-3-8(7)5-9/h7-9H,1-6,12H2,(H,13,14). The van der Waals surface area contributed by atoms with Crippen LogP contribution in [0.25, 0.3) is 0 Å². The van der Waals surface area contributed by atoms with E-state index in [1.165, 1.54) is 19.3 Å². The fourth-order valence-corrected chi connectivity index (χ4v) is 2.85. The van der Waals surface area contributed by atoms with Crippen molar-refractivity contribution in [3.63, 3.8) is 0 Å². The van der Waals surface area contributed by atoms with Crippen molar-refractivity contribution in [3.05, 3.63) is 0 Å². The van der Waals surface area contributed by atoms with E-state index in [0.29, 0.717) is 12.6 Å². The number of hydrogen-bond acceptors (Lipinski definition) is 2. The minimum Gasteiger partial charge on any atom is -0.353 e. The third kappa shape index (κ3) is 1.26. The van der Waals surface area contributed by atoms with Crippen molar-refractivity contribution in [3.8, 4) is 0 Å². The van der Waals surface area contributed by atoms with E-state index in [2.05, 4.69) is 5.32 Å². The topological polar surface area (TPSA) is 55.1 Å². The molecule has 78 valence electrons. The van der Waals surface area contributed by atoms with Crippen LogP contribution in [0.15, 0.2) is 0 Å². The maximum Gasteiger partial charge on any atom is 0.227 e. The van der Waals surface area contributed by atoms with Gasteiger partial charge in [0, 0.05) is 12.6 Å². The second-order valence-corrected chi connectivity index (χ2v) is 5.38. The van der Waals surface area contributed by atoms with Crippen molar-refractivity contribution >= 4 is 5.91 Å². The number of carbonyl (C=O) groups is 1. The molecule has 0 heterocycles. The molecule has 3 heteroatoms. The number of amides is 1. The third-order valence-corrected chi connectivity index (χ3v) is 4.30. The maximum absolute atomic E-state index is 11.8. The second kappa shape index (κ2) is 2.72. The molecule has 0 aromatic rings. The van der Waals surface area contributed by atoms with E-state index in [1.807, 2.05) is 0 Å². The molecule has 14 heavy (non-hydrogen) atoms. The van der Waals surface area contributed by atoms with Crippen molar-refractivity contribution in [1.82, 2.24) is 5.32 Å². The van der Waals surface area contributed by atoms with Crippen molar-refractivity contribution in [1.29, 1.82) is 0 Å². The largest absolute Gasteiger partial charge is 0.353 e. The fourth-order valence-electron chi connectivity index (χ4n) is 2.85. The number of hydrogen-bond donors (Lipinski definition) is 2. The summed E-state index contributed by atoms with van der Waals surface area (Å²) in [6.45, 7) is 0.526. The van der Waals surface area contributed by atoms with Crippen molar-refractivity contribution in [2.24, 2.45) is 23.0 Å². The molecule has 0 spiro atoms. The van der Waals surface area contributed by atoms with Crippen molar-refractivity contribution < 1.29 is 4.79 Å². The van der Waals surface area contributed by atoms with Gasteiger partial charge in [-0.15, -0.1) is 0 Å². The van der Waals surface area contributed by atoms with E-state index in [9.17, 15) is 4.79 Å². The Morgan fingerprint density at radius 3 is 2.43 bits per heavy atom. The van der Waals surface area contributed by atoms with Gasteiger partial charge in [-0.05, 0) is 43.9 Å². The summed E-state index contributed by atoms with van der Waals surface area (Å²) in [5.74, 6) is 2.10. The normalized spacial score (nSPS) is 41.6. The molecule has 3 fully saturated rings. The van der Waals surface area contributed by atoms with Gasteiger partial charge in [-0.2, -0.15) is 0 Å². The monoisotopic (exact) mass is 194 g/mol. The summed E-state index contributed by atoms with van der Waals surface area (Å²) in [7, 11) is 0. The summed E-state index contributed by atoms with van der Waals surface area (Å²) in [6, 6.07) is 0.468. The van der Waals surface area contributed by atoms with Crippen LogP contribution >= 0.6 is 0 Å². The summed E-state index contributed by atoms with van der Waals surface area (Å²) in [5.41, 5.74) is 5.46. The molecule has 3 rings (SSSR count). The minimum atomic E-state index is -0.160. The van der Waals surface area contributed by atoms with Crippen LogP contribution < -0.4 is 11.1 Å². The molecule has 1 amide bonds. The van der Waals surface area contributed by atoms with Crippen molar-refractivity contribution in [2.75, 3.05) is 6.54 Å². The maximum atomic E-state index is 11.8. The summed E-state index contributed by atoms with van der Waals surface area (Å²) in [5, 5.41) is 3.17. The summed E-state index contributed by atoms with van der Waals surface area (Å²) in [6.07, 6.45) is 5.84. The quantitative estimate of drug-likeness (QED) is 0.692. The number of rotatable bonds is 3. The van der Waals surface area contributed by atoms with Crippen LogP contribution in [0.2, 0.25) is 0 Å². The SMILES string of the molecule is NCC1(C(=O)NC2CC3CC3C2)CC1. The molecular weight excluding hydrogens is 176 g/mol. The number of carbonyl (C=O) groups excluding carboxylic acids is 1. The van der Waals surface area contributed by atoms with Gasteiger partial charge in [0.2, 0.25) is 5.91 Å². The van der Waals surface area contributed by atoms with Gasteiger partial charge in [0.1, 0.15) is 0 Å². The highest BCUT2D eigenvalue weighted by Crippen LogP contribution is 2.52. The molecule has 0 bridgehead atoms. The number of nitrogens with two attached hydrogens (primary N) is 1. The van der Waals surface area contributed by atoms with Crippen LogP contribution in [0.5, 0.6) is 0 Å². The number of nitrogens with one attached hydrogen (secondary N) is 1. The first kappa shape index (κ1) is 8.72. The first-order valence-corrected chi connectivity index (χ1v) is 5.74. The lowest BCUT2D eigenvalue weighted by molar-refractivity contribution is -0.126. The van der Waals surface area contributed by atoms with Crippen LogP contribution in [-0.2, 0) is 4.79 Å². The zero-order valence-electron chi connectivity index (χ0n) is 8.46. The molecule has 2 atom stereocenters. The first-order chi connectivity index (χ1) is 6.73. The Morgan fingerprint density at radius 1 is 1.29 bits per heavy atom. The van der Waals surface area contributed by atoms with Gasteiger partial charge < -0.3 is 11.1 Å². The van der Waals surface area contributed by atoms with Crippen LogP contribution in [-0.4, -0.2) is 18.5 Å². The Morgan fingerprint density at radius 2 is 1.93 bits per heavy atom. The Kier molecular flexibility index (Phi) is 1.69. The van der Waals surface area contributed by atoms with E-state index in [0.717, 1.165) is 24.7 Å². The summed E-state index contributed by atoms with van der Waals surface area (Å²) in [4.78, 5) is 11.8. The lowest BCUT2D eigenvalue weighted by Crippen LogP contribution is -2.41. The molecule has 0 aromatic heterocycles. The van der Waals surface area contributed by atoms with Crippen LogP contribution in [0.3, 0.4) is 0 Å². The third-order valence-electron chi connectivity index (χ3n) is 4.30. The molecular formula is C11H18N2O. The molecule has 3 aliphatic carbocycles. The van der Waals surface area contributed by atoms with Crippen LogP contribution in [0, 0.1) is 17.3 Å². The Hall–Kier alpha value is -0.570. The van der Waals surface area contributed by atoms with Gasteiger partial charge in [0.15, 0.2) is 0 Å². The Bertz CT molecular complexity index is 262. The fraction of sp³-hybridized carbons (Fsp3) is 0.909. The lowest BCUT2D eigenvalue weighted by Gasteiger charge is -2.18. The molecule has 0 aromatic carbocycles. The van der Waals surface area contributed by atoms with E-state index in [1.54, 1.807) is 0 Å². The predicted molar refractivity (Wildman–Crippen MR) is 53.5 cm³/mol. The van der Waals surface area contributed by atoms with E-state index in [-0.39, 0.29) is 11.3 Å². The average molecular weight is 194 g/mol. The second-order valence-electron chi connectivity index (χ2n) is 5.38. The predicted octanol–water partition coefficient (Wildman–Crippen LogP) is 0.640. The zero-order chi connectivity index (χ0) is 9.76. The number of fused-ring (bicyclic) bond motifs is 1. The van der Waals surface area contributed by atoms with E-state index >= 15 is 0 Å². The molecule has 3 N–H and O–H groups in total. The van der Waals surface area contributed by atoms with Gasteiger partial charge in [-0.3, -0.25) is 4.79 Å². The summed E-state index contributed by atoms with van der Waals surface area (Å²) >= 11 is 0. The van der Waals surface area contributed by atoms with Crippen LogP contribution in [0.1, 0.15) is 32.1 Å². The van der Waals surface area contributed by atoms with Gasteiger partial charge in [0.25, 0.3) is 0 Å². The molecule has 2 unspecified atom stereocenters. The average Bonchev–Trinajstić information content (AvgIpc) is 3.06. The summed E-state index contributed by atoms with van der Waals surface area (Å²) < 4.78 is 0. The molecule has 0 radical (unpaired) electrons. The lowest BCUT2D eigenvalue weighted by atomic mass is 10.1. The van der Waals surface area contributed by atoms with Gasteiger partial charge >= 0.3 is 0 Å². The molecule has 3 nitrogen and oxygen atoms in total. The Labute approximate surface area is 84.4 Å². The highest BCUT2D eigenvalue weighted by atomic mass is 16.2. The molecule has 0 aliphatic heterocycles. The smallest absolute Gasteiger partial charge is 0.227 e. The zero-order valence-corrected chi connectivity index (χ0v) is 8.46. The van der Waals surface area contributed by atoms with Gasteiger partial charge in [-0.1, -0.05) is 0 Å². The Balaban J connectivity index is 1.54. The van der Waals surface area contributed by atoms with E-state index < -0.39 is 0 Å². The van der Waals surface area contributed by atoms with Crippen LogP contribution in [0.4, 0.5) is 0 Å². The minimum absolute atomic E-state index is 0.160.